The number of aliphatic carboxylic acids is 2. The van der Waals surface area contributed by atoms with Crippen LogP contribution < -0.4 is 5.32 Å². The van der Waals surface area contributed by atoms with Crippen LogP contribution in [0.1, 0.15) is 32.3 Å². The van der Waals surface area contributed by atoms with E-state index in [1.807, 2.05) is 0 Å². The van der Waals surface area contributed by atoms with Gasteiger partial charge in [0, 0.05) is 30.8 Å². The molecule has 1 fully saturated rings. The Morgan fingerprint density at radius 2 is 1.85 bits per heavy atom. The third kappa shape index (κ3) is 9.96. The smallest absolute Gasteiger partial charge is 0.328 e. The number of carboxylic acid groups (broad SMARTS) is 2. The van der Waals surface area contributed by atoms with Gasteiger partial charge in [-0.2, -0.15) is 0 Å². The Morgan fingerprint density at radius 3 is 2.38 bits per heavy atom. The Kier molecular flexibility index (Phi) is 10.3. The standard InChI is InChI=1S/C16H26N2.C4H4O4/c1-3-18-11-7-10-16(13-18)17-14(2)12-15-8-5-4-6-9-15;5-3(6)1-2-4(7)8/h4-6,8-9,14,16-17H,3,7,10-13H2,1-2H3;1-2H,(H,5,6)(H,7,8)/b;2-1-. The average molecular weight is 362 g/mol. The second-order valence-electron chi connectivity index (χ2n) is 6.50. The minimum atomic E-state index is -1.26. The lowest BCUT2D eigenvalue weighted by Gasteiger charge is -2.34. The van der Waals surface area contributed by atoms with Crippen molar-refractivity contribution in [1.82, 2.24) is 10.2 Å². The van der Waals surface area contributed by atoms with Gasteiger partial charge in [0.1, 0.15) is 0 Å². The molecule has 0 bridgehead atoms. The number of nitrogens with one attached hydrogen (secondary N) is 1. The largest absolute Gasteiger partial charge is 0.478 e. The van der Waals surface area contributed by atoms with Crippen molar-refractivity contribution >= 4 is 11.9 Å². The van der Waals surface area contributed by atoms with Crippen LogP contribution in [-0.4, -0.2) is 58.8 Å². The zero-order chi connectivity index (χ0) is 19.4. The third-order valence-electron chi connectivity index (χ3n) is 4.23. The molecule has 6 heteroatoms. The molecule has 2 rings (SSSR count). The summed E-state index contributed by atoms with van der Waals surface area (Å²) in [6.45, 7) is 8.25. The lowest BCUT2D eigenvalue weighted by atomic mass is 10.0. The van der Waals surface area contributed by atoms with Gasteiger partial charge in [0.2, 0.25) is 0 Å². The number of carbonyl (C=O) groups is 2. The second kappa shape index (κ2) is 12.2. The van der Waals surface area contributed by atoms with Gasteiger partial charge in [-0.15, -0.1) is 0 Å². The summed E-state index contributed by atoms with van der Waals surface area (Å²) in [6, 6.07) is 12.0. The van der Waals surface area contributed by atoms with Crippen molar-refractivity contribution in [2.24, 2.45) is 0 Å². The number of hydrogen-bond acceptors (Lipinski definition) is 4. The average Bonchev–Trinajstić information content (AvgIpc) is 2.61. The molecule has 1 aliphatic rings. The first-order valence-corrected chi connectivity index (χ1v) is 9.07. The highest BCUT2D eigenvalue weighted by Crippen LogP contribution is 2.11. The molecule has 144 valence electrons. The molecule has 0 radical (unpaired) electrons. The van der Waals surface area contributed by atoms with Gasteiger partial charge in [0.15, 0.2) is 0 Å². The maximum absolute atomic E-state index is 9.55. The van der Waals surface area contributed by atoms with E-state index in [9.17, 15) is 9.59 Å². The highest BCUT2D eigenvalue weighted by Gasteiger charge is 2.19. The van der Waals surface area contributed by atoms with Gasteiger partial charge in [0.05, 0.1) is 0 Å². The van der Waals surface area contributed by atoms with Crippen molar-refractivity contribution in [3.63, 3.8) is 0 Å². The normalized spacial score (nSPS) is 18.8. The fourth-order valence-electron chi connectivity index (χ4n) is 3.05. The molecule has 0 amide bonds. The number of likely N-dealkylation sites (N-methyl/N-ethyl adjacent to an activating group) is 1. The van der Waals surface area contributed by atoms with E-state index in [-0.39, 0.29) is 0 Å². The van der Waals surface area contributed by atoms with Crippen molar-refractivity contribution in [2.45, 2.75) is 45.2 Å². The van der Waals surface area contributed by atoms with E-state index in [1.165, 1.54) is 38.0 Å². The van der Waals surface area contributed by atoms with Gasteiger partial charge >= 0.3 is 11.9 Å². The molecule has 2 unspecified atom stereocenters. The van der Waals surface area contributed by atoms with Crippen LogP contribution in [-0.2, 0) is 16.0 Å². The van der Waals surface area contributed by atoms with Crippen molar-refractivity contribution in [3.8, 4) is 0 Å². The lowest BCUT2D eigenvalue weighted by Crippen LogP contribution is -2.48. The van der Waals surface area contributed by atoms with Crippen molar-refractivity contribution in [2.75, 3.05) is 19.6 Å². The van der Waals surface area contributed by atoms with Crippen LogP contribution in [0.3, 0.4) is 0 Å². The van der Waals surface area contributed by atoms with Gasteiger partial charge < -0.3 is 20.4 Å². The van der Waals surface area contributed by atoms with E-state index in [0.717, 1.165) is 6.42 Å². The Labute approximate surface area is 155 Å². The van der Waals surface area contributed by atoms with Gasteiger partial charge in [-0.05, 0) is 44.8 Å². The van der Waals surface area contributed by atoms with Gasteiger partial charge in [-0.25, -0.2) is 9.59 Å². The number of nitrogens with zero attached hydrogens (tertiary/aromatic N) is 1. The monoisotopic (exact) mass is 362 g/mol. The van der Waals surface area contributed by atoms with E-state index in [4.69, 9.17) is 10.2 Å². The van der Waals surface area contributed by atoms with Crippen molar-refractivity contribution in [1.29, 1.82) is 0 Å². The minimum absolute atomic E-state index is 0.558. The molecule has 1 aliphatic heterocycles. The number of hydrogen-bond donors (Lipinski definition) is 3. The zero-order valence-electron chi connectivity index (χ0n) is 15.6. The number of likely N-dealkylation sites (tertiary alicyclic amines) is 1. The first-order valence-electron chi connectivity index (χ1n) is 9.07. The van der Waals surface area contributed by atoms with Crippen molar-refractivity contribution in [3.05, 3.63) is 48.0 Å². The molecule has 26 heavy (non-hydrogen) atoms. The predicted molar refractivity (Wildman–Crippen MR) is 102 cm³/mol. The molecule has 3 N–H and O–H groups in total. The molecule has 0 saturated carbocycles. The molecular weight excluding hydrogens is 332 g/mol. The summed E-state index contributed by atoms with van der Waals surface area (Å²) in [4.78, 5) is 21.7. The van der Waals surface area contributed by atoms with E-state index in [1.54, 1.807) is 0 Å². The van der Waals surface area contributed by atoms with Crippen LogP contribution in [0, 0.1) is 0 Å². The molecule has 6 nitrogen and oxygen atoms in total. The molecule has 1 saturated heterocycles. The van der Waals surface area contributed by atoms with E-state index in [0.29, 0.717) is 24.2 Å². The van der Waals surface area contributed by atoms with Crippen LogP contribution in [0.25, 0.3) is 0 Å². The van der Waals surface area contributed by atoms with E-state index < -0.39 is 11.9 Å². The molecular formula is C20H30N2O4. The first kappa shape index (κ1) is 21.9. The molecule has 2 atom stereocenters. The van der Waals surface area contributed by atoms with E-state index in [2.05, 4.69) is 54.4 Å². The molecule has 1 heterocycles. The summed E-state index contributed by atoms with van der Waals surface area (Å²) < 4.78 is 0. The Morgan fingerprint density at radius 1 is 1.23 bits per heavy atom. The maximum atomic E-state index is 9.55. The molecule has 0 spiro atoms. The summed E-state index contributed by atoms with van der Waals surface area (Å²) in [6.07, 6.45) is 4.91. The summed E-state index contributed by atoms with van der Waals surface area (Å²) in [5, 5.41) is 19.4. The van der Waals surface area contributed by atoms with E-state index >= 15 is 0 Å². The summed E-state index contributed by atoms with van der Waals surface area (Å²) in [5.41, 5.74) is 1.43. The molecule has 1 aromatic carbocycles. The number of piperidine rings is 1. The summed E-state index contributed by atoms with van der Waals surface area (Å²) in [5.74, 6) is -2.51. The van der Waals surface area contributed by atoms with Crippen LogP contribution in [0.15, 0.2) is 42.5 Å². The highest BCUT2D eigenvalue weighted by atomic mass is 16.4. The quantitative estimate of drug-likeness (QED) is 0.646. The first-order chi connectivity index (χ1) is 12.4. The van der Waals surface area contributed by atoms with Crippen LogP contribution >= 0.6 is 0 Å². The number of carboxylic acids is 2. The third-order valence-corrected chi connectivity index (χ3v) is 4.23. The lowest BCUT2D eigenvalue weighted by molar-refractivity contribution is -0.134. The molecule has 0 aromatic heterocycles. The highest BCUT2D eigenvalue weighted by molar-refractivity contribution is 5.89. The van der Waals surface area contributed by atoms with Gasteiger partial charge in [-0.1, -0.05) is 37.3 Å². The van der Waals surface area contributed by atoms with Crippen molar-refractivity contribution < 1.29 is 19.8 Å². The van der Waals surface area contributed by atoms with Crippen LogP contribution in [0.4, 0.5) is 0 Å². The zero-order valence-corrected chi connectivity index (χ0v) is 15.6. The van der Waals surface area contributed by atoms with Gasteiger partial charge in [-0.3, -0.25) is 0 Å². The topological polar surface area (TPSA) is 89.9 Å². The predicted octanol–water partition coefficient (Wildman–Crippen LogP) is 2.40. The Bertz CT molecular complexity index is 558. The molecule has 1 aromatic rings. The fraction of sp³-hybridized carbons (Fsp3) is 0.500. The second-order valence-corrected chi connectivity index (χ2v) is 6.50. The van der Waals surface area contributed by atoms with Crippen LogP contribution in [0.5, 0.6) is 0 Å². The number of benzene rings is 1. The summed E-state index contributed by atoms with van der Waals surface area (Å²) in [7, 11) is 0. The Hall–Kier alpha value is -2.18. The minimum Gasteiger partial charge on any atom is -0.478 e. The van der Waals surface area contributed by atoms with Gasteiger partial charge in [0.25, 0.3) is 0 Å². The number of rotatable bonds is 7. The fourth-order valence-corrected chi connectivity index (χ4v) is 3.05. The summed E-state index contributed by atoms with van der Waals surface area (Å²) >= 11 is 0. The van der Waals surface area contributed by atoms with Crippen LogP contribution in [0.2, 0.25) is 0 Å². The Balaban J connectivity index is 0.000000359. The maximum Gasteiger partial charge on any atom is 0.328 e. The molecule has 0 aliphatic carbocycles. The SMILES string of the molecule is CCN1CCCC(NC(C)Cc2ccccc2)C1.O=C(O)/C=C\C(=O)O.